The number of amidine groups is 1. The number of hydrogen-bond donors (Lipinski definition) is 2. The molecular weight excluding hydrogens is 426 g/mol. The van der Waals surface area contributed by atoms with Crippen LogP contribution in [0.1, 0.15) is 56.3 Å². The number of benzene rings is 2. The fourth-order valence-electron chi connectivity index (χ4n) is 3.23. The molecule has 0 atom stereocenters. The molecule has 172 valence electrons. The molecule has 2 aromatic rings. The minimum absolute atomic E-state index is 0.0798. The van der Waals surface area contributed by atoms with Gasteiger partial charge in [-0.05, 0) is 67.6 Å². The van der Waals surface area contributed by atoms with Gasteiger partial charge in [-0.25, -0.2) is 8.42 Å². The van der Waals surface area contributed by atoms with E-state index in [1.807, 2.05) is 0 Å². The second-order valence-electron chi connectivity index (χ2n) is 8.28. The molecule has 0 bridgehead atoms. The highest BCUT2D eigenvalue weighted by atomic mass is 32.2. The predicted octanol–water partition coefficient (Wildman–Crippen LogP) is 4.61. The van der Waals surface area contributed by atoms with E-state index in [2.05, 4.69) is 28.9 Å². The fourth-order valence-corrected chi connectivity index (χ4v) is 4.37. The summed E-state index contributed by atoms with van der Waals surface area (Å²) < 4.78 is 33.8. The van der Waals surface area contributed by atoms with Gasteiger partial charge in [0.1, 0.15) is 11.6 Å². The third-order valence-electron chi connectivity index (χ3n) is 5.11. The first-order valence-corrected chi connectivity index (χ1v) is 12.5. The van der Waals surface area contributed by atoms with Gasteiger partial charge in [-0.2, -0.15) is 0 Å². The van der Waals surface area contributed by atoms with Gasteiger partial charge in [-0.3, -0.25) is 14.5 Å². The Morgan fingerprint density at radius 3 is 2.62 bits per heavy atom. The summed E-state index contributed by atoms with van der Waals surface area (Å²) in [5, 5.41) is 2.76. The lowest BCUT2D eigenvalue weighted by atomic mass is 10.1. The second kappa shape index (κ2) is 11.1. The zero-order chi connectivity index (χ0) is 23.0. The van der Waals surface area contributed by atoms with Gasteiger partial charge in [0.2, 0.25) is 0 Å². The van der Waals surface area contributed by atoms with E-state index in [1.54, 1.807) is 36.4 Å². The number of anilines is 1. The average Bonchev–Trinajstić information content (AvgIpc) is 3.02. The maximum absolute atomic E-state index is 12.8. The van der Waals surface area contributed by atoms with Gasteiger partial charge in [0.15, 0.2) is 0 Å². The van der Waals surface area contributed by atoms with Crippen LogP contribution in [-0.4, -0.2) is 33.3 Å². The van der Waals surface area contributed by atoms with Crippen LogP contribution < -0.4 is 14.8 Å². The summed E-state index contributed by atoms with van der Waals surface area (Å²) in [6, 6.07) is 13.1. The lowest BCUT2D eigenvalue weighted by Crippen LogP contribution is -2.30. The first-order valence-electron chi connectivity index (χ1n) is 11.0. The Morgan fingerprint density at radius 2 is 1.88 bits per heavy atom. The Morgan fingerprint density at radius 1 is 1.09 bits per heavy atom. The van der Waals surface area contributed by atoms with E-state index in [4.69, 9.17) is 4.74 Å². The number of carbonyl (C=O) groups is 1. The van der Waals surface area contributed by atoms with Crippen LogP contribution in [0.3, 0.4) is 0 Å². The van der Waals surface area contributed by atoms with Crippen LogP contribution in [-0.2, 0) is 10.0 Å². The van der Waals surface area contributed by atoms with Crippen molar-refractivity contribution in [2.75, 3.05) is 18.5 Å². The molecule has 0 unspecified atom stereocenters. The molecule has 1 heterocycles. The van der Waals surface area contributed by atoms with Gasteiger partial charge in [0.25, 0.3) is 15.9 Å². The number of carbonyl (C=O) groups excluding carboxylic acids is 1. The van der Waals surface area contributed by atoms with Crippen molar-refractivity contribution in [3.05, 3.63) is 54.1 Å². The van der Waals surface area contributed by atoms with E-state index in [-0.39, 0.29) is 10.8 Å². The molecule has 32 heavy (non-hydrogen) atoms. The van der Waals surface area contributed by atoms with Gasteiger partial charge in [0.05, 0.1) is 11.5 Å². The van der Waals surface area contributed by atoms with Crippen molar-refractivity contribution in [1.29, 1.82) is 0 Å². The summed E-state index contributed by atoms with van der Waals surface area (Å²) in [6.07, 6.45) is 4.51. The number of amides is 1. The summed E-state index contributed by atoms with van der Waals surface area (Å²) in [7, 11) is -3.77. The summed E-state index contributed by atoms with van der Waals surface area (Å²) in [6.45, 7) is 5.54. The minimum Gasteiger partial charge on any atom is -0.494 e. The Kier molecular flexibility index (Phi) is 8.27. The molecule has 7 nitrogen and oxygen atoms in total. The molecule has 3 rings (SSSR count). The normalized spacial score (nSPS) is 14.4. The number of nitrogens with one attached hydrogen (secondary N) is 2. The Labute approximate surface area is 190 Å². The van der Waals surface area contributed by atoms with Crippen LogP contribution in [0.4, 0.5) is 5.69 Å². The minimum atomic E-state index is -3.77. The van der Waals surface area contributed by atoms with Crippen LogP contribution in [0.2, 0.25) is 0 Å². The van der Waals surface area contributed by atoms with Crippen molar-refractivity contribution < 1.29 is 17.9 Å². The zero-order valence-corrected chi connectivity index (χ0v) is 19.5. The summed E-state index contributed by atoms with van der Waals surface area (Å²) in [5.74, 6) is 1.44. The average molecular weight is 458 g/mol. The van der Waals surface area contributed by atoms with Crippen LogP contribution in [0.25, 0.3) is 0 Å². The van der Waals surface area contributed by atoms with E-state index in [0.29, 0.717) is 48.3 Å². The highest BCUT2D eigenvalue weighted by molar-refractivity contribution is 7.90. The van der Waals surface area contributed by atoms with E-state index in [1.165, 1.54) is 12.1 Å². The smallest absolute Gasteiger partial charge is 0.262 e. The molecule has 0 fully saturated rings. The number of nitrogens with zero attached hydrogens (tertiary/aromatic N) is 1. The van der Waals surface area contributed by atoms with Gasteiger partial charge < -0.3 is 10.1 Å². The number of aliphatic imine (C=N–C) groups is 1. The summed E-state index contributed by atoms with van der Waals surface area (Å²) >= 11 is 0. The summed E-state index contributed by atoms with van der Waals surface area (Å²) in [4.78, 5) is 17.0. The second-order valence-corrected chi connectivity index (χ2v) is 9.96. The Hall–Kier alpha value is -2.87. The standard InChI is InChI=1S/C24H31N3O4S/c1-18(2)14-16-31-21-12-10-19(11-13-21)24(28)26-20-7-6-8-22(17-20)32(29,30)27-23-9-4-3-5-15-25-23/h6-8,10-13,17-18H,3-5,9,14-16H2,1-2H3,(H,25,27)(H,26,28). The van der Waals surface area contributed by atoms with E-state index in [9.17, 15) is 13.2 Å². The van der Waals surface area contributed by atoms with E-state index >= 15 is 0 Å². The highest BCUT2D eigenvalue weighted by Crippen LogP contribution is 2.19. The molecule has 1 aliphatic heterocycles. The maximum Gasteiger partial charge on any atom is 0.262 e. The topological polar surface area (TPSA) is 96.9 Å². The largest absolute Gasteiger partial charge is 0.494 e. The molecule has 2 aromatic carbocycles. The van der Waals surface area contributed by atoms with Gasteiger partial charge in [-0.15, -0.1) is 0 Å². The van der Waals surface area contributed by atoms with Crippen molar-refractivity contribution in [3.63, 3.8) is 0 Å². The van der Waals surface area contributed by atoms with Crippen LogP contribution >= 0.6 is 0 Å². The number of ether oxygens (including phenoxy) is 1. The third-order valence-corrected chi connectivity index (χ3v) is 6.49. The maximum atomic E-state index is 12.8. The van der Waals surface area contributed by atoms with E-state index in [0.717, 1.165) is 25.7 Å². The molecule has 1 aliphatic rings. The molecule has 8 heteroatoms. The quantitative estimate of drug-likeness (QED) is 0.605. The molecule has 0 spiro atoms. The SMILES string of the molecule is CC(C)CCOc1ccc(C(=O)Nc2cccc(S(=O)(=O)NC3=NCCCCC3)c2)cc1. The van der Waals surface area contributed by atoms with Crippen LogP contribution in [0, 0.1) is 5.92 Å². The zero-order valence-electron chi connectivity index (χ0n) is 18.6. The highest BCUT2D eigenvalue weighted by Gasteiger charge is 2.18. The lowest BCUT2D eigenvalue weighted by Gasteiger charge is -2.12. The molecule has 0 saturated carbocycles. The molecule has 0 radical (unpaired) electrons. The molecule has 1 amide bonds. The van der Waals surface area contributed by atoms with Crippen molar-refractivity contribution in [2.24, 2.45) is 10.9 Å². The van der Waals surface area contributed by atoms with Crippen LogP contribution in [0.15, 0.2) is 58.4 Å². The van der Waals surface area contributed by atoms with Gasteiger partial charge in [-0.1, -0.05) is 26.3 Å². The molecule has 0 saturated heterocycles. The van der Waals surface area contributed by atoms with Crippen molar-refractivity contribution in [2.45, 2.75) is 50.8 Å². The first kappa shape index (κ1) is 23.8. The molecule has 0 aromatic heterocycles. The van der Waals surface area contributed by atoms with Crippen molar-refractivity contribution in [3.8, 4) is 5.75 Å². The Balaban J connectivity index is 1.63. The number of rotatable bonds is 8. The lowest BCUT2D eigenvalue weighted by molar-refractivity contribution is 0.102. The molecule has 2 N–H and O–H groups in total. The van der Waals surface area contributed by atoms with Crippen LogP contribution in [0.5, 0.6) is 5.75 Å². The molecular formula is C24H31N3O4S. The first-order chi connectivity index (χ1) is 15.3. The monoisotopic (exact) mass is 457 g/mol. The van der Waals surface area contributed by atoms with Crippen molar-refractivity contribution in [1.82, 2.24) is 4.72 Å². The Bertz CT molecular complexity index is 1050. The predicted molar refractivity (Wildman–Crippen MR) is 127 cm³/mol. The fraction of sp³-hybridized carbons (Fsp3) is 0.417. The van der Waals surface area contributed by atoms with Crippen molar-refractivity contribution >= 4 is 27.5 Å². The van der Waals surface area contributed by atoms with Gasteiger partial charge >= 0.3 is 0 Å². The molecule has 0 aliphatic carbocycles. The summed E-state index contributed by atoms with van der Waals surface area (Å²) in [5.41, 5.74) is 0.860. The number of hydrogen-bond acceptors (Lipinski definition) is 5. The number of sulfonamides is 1. The third kappa shape index (κ3) is 7.09. The van der Waals surface area contributed by atoms with Gasteiger partial charge in [0, 0.05) is 24.2 Å². The van der Waals surface area contributed by atoms with E-state index < -0.39 is 10.0 Å².